The van der Waals surface area contributed by atoms with Crippen molar-refractivity contribution in [1.29, 1.82) is 0 Å². The second-order valence-electron chi connectivity index (χ2n) is 12.1. The topological polar surface area (TPSA) is 108 Å². The van der Waals surface area contributed by atoms with E-state index in [1.165, 1.54) is 11.1 Å². The van der Waals surface area contributed by atoms with E-state index < -0.39 is 42.0 Å². The van der Waals surface area contributed by atoms with E-state index in [9.17, 15) is 19.5 Å². The molecule has 8 nitrogen and oxygen atoms in total. The third kappa shape index (κ3) is 4.05. The van der Waals surface area contributed by atoms with Gasteiger partial charge < -0.3 is 14.6 Å². The number of hydrogen-bond acceptors (Lipinski definition) is 7. The Labute approximate surface area is 229 Å². The van der Waals surface area contributed by atoms with E-state index in [4.69, 9.17) is 21.1 Å². The highest BCUT2D eigenvalue weighted by molar-refractivity contribution is 6.21. The summed E-state index contributed by atoms with van der Waals surface area (Å²) in [6.07, 6.45) is 6.19. The van der Waals surface area contributed by atoms with Crippen molar-refractivity contribution in [3.8, 4) is 0 Å². The molecule has 4 aliphatic carbocycles. The molecule has 1 N–H and O–H groups in total. The van der Waals surface area contributed by atoms with Gasteiger partial charge >= 0.3 is 11.9 Å². The Morgan fingerprint density at radius 3 is 2.61 bits per heavy atom. The highest BCUT2D eigenvalue weighted by atomic mass is 35.5. The molecule has 3 fully saturated rings. The molecule has 0 radical (unpaired) electrons. The maximum Gasteiger partial charge on any atom is 0.306 e. The van der Waals surface area contributed by atoms with Crippen molar-refractivity contribution in [2.45, 2.75) is 83.3 Å². The van der Waals surface area contributed by atoms with Gasteiger partial charge in [-0.25, -0.2) is 0 Å². The lowest BCUT2D eigenvalue weighted by molar-refractivity contribution is -0.188. The minimum absolute atomic E-state index is 0.00921. The van der Waals surface area contributed by atoms with Gasteiger partial charge in [0.1, 0.15) is 0 Å². The number of aryl methyl sites for hydroxylation is 1. The number of nitrogens with zero attached hydrogens (tertiary/aromatic N) is 2. The van der Waals surface area contributed by atoms with Crippen molar-refractivity contribution >= 4 is 35.4 Å². The quantitative estimate of drug-likeness (QED) is 0.426. The van der Waals surface area contributed by atoms with Gasteiger partial charge in [-0.2, -0.15) is 5.10 Å². The Hall–Kier alpha value is -2.19. The third-order valence-electron chi connectivity index (χ3n) is 10.0. The van der Waals surface area contributed by atoms with Crippen LogP contribution in [0.15, 0.2) is 11.8 Å². The first-order chi connectivity index (χ1) is 18.0. The van der Waals surface area contributed by atoms with Crippen LogP contribution in [0.4, 0.5) is 0 Å². The number of allylic oxidation sites excluding steroid dienone is 1. The van der Waals surface area contributed by atoms with Crippen LogP contribution in [-0.4, -0.2) is 56.3 Å². The number of carbonyl (C=O) groups is 3. The molecule has 0 aromatic carbocycles. The molecule has 0 aliphatic heterocycles. The molecule has 1 heterocycles. The predicted octanol–water partition coefficient (Wildman–Crippen LogP) is 3.86. The number of rotatable bonds is 6. The number of aliphatic hydroxyl groups excluding tert-OH is 1. The molecule has 5 rings (SSSR count). The highest BCUT2D eigenvalue weighted by Gasteiger charge is 2.68. The van der Waals surface area contributed by atoms with Crippen LogP contribution in [0.1, 0.15) is 71.1 Å². The van der Waals surface area contributed by atoms with Crippen molar-refractivity contribution in [3.05, 3.63) is 23.0 Å². The maximum absolute atomic E-state index is 13.8. The van der Waals surface area contributed by atoms with Gasteiger partial charge in [0, 0.05) is 43.3 Å². The van der Waals surface area contributed by atoms with E-state index in [2.05, 4.69) is 24.3 Å². The Balaban J connectivity index is 1.52. The molecule has 0 amide bonds. The van der Waals surface area contributed by atoms with Crippen molar-refractivity contribution in [1.82, 2.24) is 9.78 Å². The van der Waals surface area contributed by atoms with Gasteiger partial charge in [0.2, 0.25) is 5.78 Å². The Bertz CT molecular complexity index is 1180. The number of aliphatic hydroxyl groups is 1. The fourth-order valence-corrected chi connectivity index (χ4v) is 8.95. The number of aromatic nitrogens is 2. The van der Waals surface area contributed by atoms with Crippen molar-refractivity contribution in [2.75, 3.05) is 6.61 Å². The average molecular weight is 547 g/mol. The second kappa shape index (κ2) is 9.77. The first-order valence-corrected chi connectivity index (χ1v) is 14.4. The lowest BCUT2D eigenvalue weighted by atomic mass is 9.48. The smallest absolute Gasteiger partial charge is 0.306 e. The summed E-state index contributed by atoms with van der Waals surface area (Å²) in [4.78, 5) is 38.4. The molecule has 1 aromatic rings. The summed E-state index contributed by atoms with van der Waals surface area (Å²) in [5.74, 6) is -2.21. The summed E-state index contributed by atoms with van der Waals surface area (Å²) in [5.41, 5.74) is 1.62. The van der Waals surface area contributed by atoms with Crippen molar-refractivity contribution in [2.24, 2.45) is 42.1 Å². The number of ether oxygens (including phenoxy) is 2. The van der Waals surface area contributed by atoms with E-state index in [-0.39, 0.29) is 47.3 Å². The zero-order valence-corrected chi connectivity index (χ0v) is 23.7. The number of fused-ring (bicyclic) bond motifs is 6. The van der Waals surface area contributed by atoms with Crippen molar-refractivity contribution < 1.29 is 29.0 Å². The number of esters is 2. The highest BCUT2D eigenvalue weighted by Crippen LogP contribution is 2.65. The fourth-order valence-electron chi connectivity index (χ4n) is 8.44. The van der Waals surface area contributed by atoms with Gasteiger partial charge in [-0.3, -0.25) is 19.1 Å². The Kier molecular flexibility index (Phi) is 7.04. The summed E-state index contributed by atoms with van der Waals surface area (Å²) in [6.45, 7) is 7.08. The molecule has 208 valence electrons. The minimum atomic E-state index is -1.45. The van der Waals surface area contributed by atoms with Gasteiger partial charge in [-0.1, -0.05) is 33.3 Å². The third-order valence-corrected chi connectivity index (χ3v) is 10.5. The molecule has 9 heteroatoms. The molecule has 4 aliphatic rings. The largest absolute Gasteiger partial charge is 0.457 e. The summed E-state index contributed by atoms with van der Waals surface area (Å²) in [6, 6.07) is 0. The van der Waals surface area contributed by atoms with Crippen LogP contribution in [0, 0.1) is 35.0 Å². The number of hydrogen-bond donors (Lipinski definition) is 1. The van der Waals surface area contributed by atoms with E-state index in [1.807, 2.05) is 18.7 Å². The van der Waals surface area contributed by atoms with Crippen LogP contribution in [-0.2, 0) is 37.3 Å². The van der Waals surface area contributed by atoms with Crippen molar-refractivity contribution in [3.63, 3.8) is 0 Å². The zero-order chi connectivity index (χ0) is 27.6. The molecule has 38 heavy (non-hydrogen) atoms. The number of ketones is 1. The summed E-state index contributed by atoms with van der Waals surface area (Å²) < 4.78 is 13.1. The van der Waals surface area contributed by atoms with Crippen LogP contribution in [0.3, 0.4) is 0 Å². The average Bonchev–Trinajstić information content (AvgIpc) is 3.36. The maximum atomic E-state index is 13.8. The van der Waals surface area contributed by atoms with Gasteiger partial charge in [-0.05, 0) is 60.5 Å². The lowest BCUT2D eigenvalue weighted by Crippen LogP contribution is -2.61. The van der Waals surface area contributed by atoms with Crippen LogP contribution in [0.2, 0.25) is 0 Å². The first-order valence-electron chi connectivity index (χ1n) is 13.9. The molecular formula is C29H39ClN2O6. The van der Waals surface area contributed by atoms with Gasteiger partial charge in [0.05, 0.1) is 11.8 Å². The van der Waals surface area contributed by atoms with Crippen LogP contribution in [0.25, 0.3) is 6.08 Å². The SMILES string of the molecule is CCC(=O)OCC(=O)[C@]1(OC(=O)CC)C2C[C@H](O)[C@H]3[C@@H]([C@H](Cl)CC4=Cc5nn(C)cc5C[C@@]43C)[C@@H]2C[C@H]1C. The summed E-state index contributed by atoms with van der Waals surface area (Å²) in [5, 5.41) is 16.2. The normalized spacial score (nSPS) is 39.2. The fraction of sp³-hybridized carbons (Fsp3) is 0.724. The van der Waals surface area contributed by atoms with E-state index in [0.29, 0.717) is 19.3 Å². The van der Waals surface area contributed by atoms with Gasteiger partial charge in [0.25, 0.3) is 0 Å². The molecule has 9 atom stereocenters. The van der Waals surface area contributed by atoms with Crippen LogP contribution < -0.4 is 0 Å². The number of halogens is 1. The second-order valence-corrected chi connectivity index (χ2v) is 12.6. The monoisotopic (exact) mass is 546 g/mol. The molecule has 1 unspecified atom stereocenters. The molecule has 1 aromatic heterocycles. The van der Waals surface area contributed by atoms with E-state index in [1.54, 1.807) is 13.8 Å². The first kappa shape index (κ1) is 27.4. The number of Topliss-reactive ketones (excluding diaryl/α,β-unsaturated/α-hetero) is 1. The molecule has 0 saturated heterocycles. The van der Waals surface area contributed by atoms with Gasteiger partial charge in [-0.15, -0.1) is 11.6 Å². The van der Waals surface area contributed by atoms with E-state index >= 15 is 0 Å². The number of alkyl halides is 1. The molecule has 0 spiro atoms. The standard InChI is InChI=1S/C29H39ClN2O6/c1-6-24(35)37-14-23(34)29(38-25(36)7-2)15(3)8-18-19(29)11-22(33)27-26(18)20(30)9-17-10-21-16(12-28(17,27)4)13-32(5)31-21/h10,13,15,18-20,22,26-27,33H,6-9,11-12,14H2,1-5H3/t15-,18-,19?,20-,22+,26-,27+,28+,29-/m1/s1. The summed E-state index contributed by atoms with van der Waals surface area (Å²) in [7, 11) is 1.92. The predicted molar refractivity (Wildman–Crippen MR) is 141 cm³/mol. The zero-order valence-electron chi connectivity index (χ0n) is 22.9. The Morgan fingerprint density at radius 1 is 1.21 bits per heavy atom. The van der Waals surface area contributed by atoms with Crippen LogP contribution in [0.5, 0.6) is 0 Å². The van der Waals surface area contributed by atoms with Crippen LogP contribution >= 0.6 is 11.6 Å². The van der Waals surface area contributed by atoms with E-state index in [0.717, 1.165) is 12.1 Å². The molecular weight excluding hydrogens is 508 g/mol. The molecule has 0 bridgehead atoms. The minimum Gasteiger partial charge on any atom is -0.457 e. The number of carbonyl (C=O) groups excluding carboxylic acids is 3. The molecule has 3 saturated carbocycles. The van der Waals surface area contributed by atoms with Gasteiger partial charge in [0.15, 0.2) is 12.2 Å². The Morgan fingerprint density at radius 2 is 1.92 bits per heavy atom. The summed E-state index contributed by atoms with van der Waals surface area (Å²) >= 11 is 7.17. The lowest BCUT2D eigenvalue weighted by Gasteiger charge is -2.58.